The van der Waals surface area contributed by atoms with Gasteiger partial charge in [-0.2, -0.15) is 0 Å². The molecular formula is C23H23N3O3S. The van der Waals surface area contributed by atoms with E-state index in [1.165, 1.54) is 4.70 Å². The van der Waals surface area contributed by atoms with Gasteiger partial charge in [0.2, 0.25) is 0 Å². The maximum absolute atomic E-state index is 12.4. The number of rotatable bonds is 5. The van der Waals surface area contributed by atoms with Gasteiger partial charge in [0.25, 0.3) is 0 Å². The van der Waals surface area contributed by atoms with Gasteiger partial charge in [0.15, 0.2) is 0 Å². The summed E-state index contributed by atoms with van der Waals surface area (Å²) in [5.74, 6) is 0.139. The highest BCUT2D eigenvalue weighted by atomic mass is 32.1. The van der Waals surface area contributed by atoms with Crippen LogP contribution in [0.2, 0.25) is 0 Å². The summed E-state index contributed by atoms with van der Waals surface area (Å²) in [7, 11) is 1.62. The molecule has 0 radical (unpaired) electrons. The Balaban J connectivity index is 1.48. The number of aliphatic carboxylic acids is 1. The molecule has 2 N–H and O–H groups in total. The first kappa shape index (κ1) is 19.1. The van der Waals surface area contributed by atoms with Gasteiger partial charge in [-0.25, -0.2) is 4.98 Å². The Hall–Kier alpha value is -2.90. The third kappa shape index (κ3) is 3.34. The van der Waals surface area contributed by atoms with E-state index in [0.717, 1.165) is 52.1 Å². The summed E-state index contributed by atoms with van der Waals surface area (Å²) in [4.78, 5) is 22.5. The number of benzene rings is 2. The van der Waals surface area contributed by atoms with Crippen molar-refractivity contribution in [3.63, 3.8) is 0 Å². The van der Waals surface area contributed by atoms with Crippen LogP contribution in [-0.2, 0) is 4.79 Å². The molecule has 1 saturated heterocycles. The number of para-hydroxylation sites is 1. The largest absolute Gasteiger partial charge is 0.497 e. The molecule has 4 aromatic rings. The molecule has 0 amide bonds. The average Bonchev–Trinajstić information content (AvgIpc) is 3.38. The van der Waals surface area contributed by atoms with Crippen LogP contribution in [0.4, 0.5) is 0 Å². The van der Waals surface area contributed by atoms with Crippen molar-refractivity contribution in [3.05, 3.63) is 59.2 Å². The fraction of sp³-hybridized carbons (Fsp3) is 0.304. The molecule has 30 heavy (non-hydrogen) atoms. The van der Waals surface area contributed by atoms with Gasteiger partial charge in [0.05, 0.1) is 22.3 Å². The first-order chi connectivity index (χ1) is 14.6. The highest BCUT2D eigenvalue weighted by Gasteiger charge is 2.34. The molecule has 1 aliphatic rings. The number of nitrogens with one attached hydrogen (secondary N) is 1. The van der Waals surface area contributed by atoms with Crippen LogP contribution < -0.4 is 4.74 Å². The Kier molecular flexibility index (Phi) is 4.92. The van der Waals surface area contributed by atoms with E-state index in [-0.39, 0.29) is 5.92 Å². The van der Waals surface area contributed by atoms with E-state index in [1.807, 2.05) is 42.6 Å². The number of thiazole rings is 1. The number of carbonyl (C=O) groups is 1. The molecule has 3 heterocycles. The van der Waals surface area contributed by atoms with Crippen molar-refractivity contribution in [1.82, 2.24) is 14.9 Å². The predicted molar refractivity (Wildman–Crippen MR) is 118 cm³/mol. The molecule has 0 bridgehead atoms. The van der Waals surface area contributed by atoms with Gasteiger partial charge in [-0.05, 0) is 49.7 Å². The van der Waals surface area contributed by atoms with E-state index in [9.17, 15) is 9.90 Å². The number of likely N-dealkylation sites (tertiary alicyclic amines) is 1. The molecule has 2 unspecified atom stereocenters. The lowest BCUT2D eigenvalue weighted by molar-refractivity contribution is -0.144. The van der Waals surface area contributed by atoms with Crippen molar-refractivity contribution in [2.45, 2.75) is 24.8 Å². The van der Waals surface area contributed by atoms with Crippen molar-refractivity contribution in [2.24, 2.45) is 0 Å². The number of carboxylic acids is 1. The Bertz CT molecular complexity index is 1180. The summed E-state index contributed by atoms with van der Waals surface area (Å²) < 4.78 is 6.54. The van der Waals surface area contributed by atoms with Gasteiger partial charge >= 0.3 is 5.97 Å². The molecule has 2 aromatic carbocycles. The van der Waals surface area contributed by atoms with Crippen molar-refractivity contribution in [3.8, 4) is 5.75 Å². The maximum Gasteiger partial charge on any atom is 0.325 e. The standard InChI is InChI=1S/C23H23N3O3S/c1-29-15-8-9-18-16(11-15)17(12-24-18)21(23(27)28)26-10-4-5-14(13-26)22-25-19-6-2-3-7-20(19)30-22/h2-3,6-9,11-12,14,21,24H,4-5,10,13H2,1H3,(H,27,28). The number of aromatic nitrogens is 2. The number of aromatic amines is 1. The van der Waals surface area contributed by atoms with E-state index in [2.05, 4.69) is 16.0 Å². The molecule has 154 valence electrons. The van der Waals surface area contributed by atoms with Crippen LogP contribution in [0.5, 0.6) is 5.75 Å². The van der Waals surface area contributed by atoms with Crippen molar-refractivity contribution in [2.75, 3.05) is 20.2 Å². The first-order valence-electron chi connectivity index (χ1n) is 10.1. The first-order valence-corrected chi connectivity index (χ1v) is 10.9. The number of fused-ring (bicyclic) bond motifs is 2. The summed E-state index contributed by atoms with van der Waals surface area (Å²) in [6.07, 6.45) is 3.81. The van der Waals surface area contributed by atoms with Crippen molar-refractivity contribution >= 4 is 38.4 Å². The summed E-state index contributed by atoms with van der Waals surface area (Å²) >= 11 is 1.72. The number of methoxy groups -OCH3 is 1. The lowest BCUT2D eigenvalue weighted by Crippen LogP contribution is -2.40. The van der Waals surface area contributed by atoms with Crippen LogP contribution in [0.15, 0.2) is 48.7 Å². The number of carboxylic acid groups (broad SMARTS) is 1. The zero-order valence-corrected chi connectivity index (χ0v) is 17.5. The third-order valence-corrected chi connectivity index (χ3v) is 7.13. The SMILES string of the molecule is COc1ccc2[nH]cc(C(C(=O)O)N3CCCC(c4nc5ccccc5s4)C3)c2c1. The molecule has 0 aliphatic carbocycles. The molecule has 1 fully saturated rings. The number of nitrogens with zero attached hydrogens (tertiary/aromatic N) is 2. The van der Waals surface area contributed by atoms with E-state index in [0.29, 0.717) is 6.54 Å². The zero-order chi connectivity index (χ0) is 20.7. The normalized spacial score (nSPS) is 18.6. The maximum atomic E-state index is 12.4. The van der Waals surface area contributed by atoms with E-state index >= 15 is 0 Å². The van der Waals surface area contributed by atoms with E-state index in [1.54, 1.807) is 18.4 Å². The minimum absolute atomic E-state index is 0.248. The van der Waals surface area contributed by atoms with Crippen LogP contribution >= 0.6 is 11.3 Å². The van der Waals surface area contributed by atoms with E-state index in [4.69, 9.17) is 9.72 Å². The van der Waals surface area contributed by atoms with Gasteiger partial charge in [0.1, 0.15) is 11.8 Å². The van der Waals surface area contributed by atoms with E-state index < -0.39 is 12.0 Å². The highest BCUT2D eigenvalue weighted by Crippen LogP contribution is 2.38. The molecule has 2 aromatic heterocycles. The zero-order valence-electron chi connectivity index (χ0n) is 16.7. The second kappa shape index (κ2) is 7.74. The van der Waals surface area contributed by atoms with Crippen molar-refractivity contribution in [1.29, 1.82) is 0 Å². The van der Waals surface area contributed by atoms with Crippen LogP contribution in [0.3, 0.4) is 0 Å². The number of H-pyrrole nitrogens is 1. The molecule has 1 aliphatic heterocycles. The highest BCUT2D eigenvalue weighted by molar-refractivity contribution is 7.18. The van der Waals surface area contributed by atoms with Crippen LogP contribution in [0, 0.1) is 0 Å². The molecule has 6 nitrogen and oxygen atoms in total. The Morgan fingerprint density at radius 1 is 1.33 bits per heavy atom. The summed E-state index contributed by atoms with van der Waals surface area (Å²) in [6, 6.07) is 13.2. The van der Waals surface area contributed by atoms with Gasteiger partial charge < -0.3 is 14.8 Å². The third-order valence-electron chi connectivity index (χ3n) is 5.93. The summed E-state index contributed by atoms with van der Waals surface area (Å²) in [5, 5.41) is 12.1. The van der Waals surface area contributed by atoms with Gasteiger partial charge in [0, 0.05) is 35.1 Å². The smallest absolute Gasteiger partial charge is 0.325 e. The predicted octanol–water partition coefficient (Wildman–Crippen LogP) is 4.79. The molecule has 5 rings (SSSR count). The van der Waals surface area contributed by atoms with Crippen LogP contribution in [0.1, 0.15) is 35.4 Å². The molecular weight excluding hydrogens is 398 g/mol. The van der Waals surface area contributed by atoms with Gasteiger partial charge in [-0.3, -0.25) is 9.69 Å². The number of hydrogen-bond acceptors (Lipinski definition) is 5. The Morgan fingerprint density at radius 3 is 3.00 bits per heavy atom. The topological polar surface area (TPSA) is 78.5 Å². The Labute approximate surface area is 178 Å². The molecule has 0 spiro atoms. The van der Waals surface area contributed by atoms with Crippen LogP contribution in [-0.4, -0.2) is 46.1 Å². The lowest BCUT2D eigenvalue weighted by Gasteiger charge is -2.35. The lowest BCUT2D eigenvalue weighted by atomic mass is 9.95. The second-order valence-electron chi connectivity index (χ2n) is 7.75. The van der Waals surface area contributed by atoms with Gasteiger partial charge in [-0.15, -0.1) is 11.3 Å². The van der Waals surface area contributed by atoms with Crippen LogP contribution in [0.25, 0.3) is 21.1 Å². The number of hydrogen-bond donors (Lipinski definition) is 2. The second-order valence-corrected chi connectivity index (χ2v) is 8.81. The molecule has 0 saturated carbocycles. The van der Waals surface area contributed by atoms with Crippen molar-refractivity contribution < 1.29 is 14.6 Å². The summed E-state index contributed by atoms with van der Waals surface area (Å²) in [5.41, 5.74) is 2.71. The quantitative estimate of drug-likeness (QED) is 0.484. The molecule has 2 atom stereocenters. The van der Waals surface area contributed by atoms with Gasteiger partial charge in [-0.1, -0.05) is 12.1 Å². The number of piperidine rings is 1. The fourth-order valence-corrected chi connectivity index (χ4v) is 5.56. The minimum Gasteiger partial charge on any atom is -0.497 e. The minimum atomic E-state index is -0.830. The monoisotopic (exact) mass is 421 g/mol. The fourth-order valence-electron chi connectivity index (χ4n) is 4.47. The average molecular weight is 422 g/mol. The number of ether oxygens (including phenoxy) is 1. The Morgan fingerprint density at radius 2 is 2.20 bits per heavy atom. The molecule has 7 heteroatoms. The summed E-state index contributed by atoms with van der Waals surface area (Å²) in [6.45, 7) is 1.45.